The average Bonchev–Trinajstić information content (AvgIpc) is 3.55. The zero-order valence-corrected chi connectivity index (χ0v) is 20.5. The third-order valence-corrected chi connectivity index (χ3v) is 6.35. The van der Waals surface area contributed by atoms with Gasteiger partial charge in [0.2, 0.25) is 0 Å². The average molecular weight is 501 g/mol. The summed E-state index contributed by atoms with van der Waals surface area (Å²) in [6.45, 7) is 7.74. The summed E-state index contributed by atoms with van der Waals surface area (Å²) in [5.41, 5.74) is 6.24. The molecule has 4 aromatic carbocycles. The lowest BCUT2D eigenvalue weighted by atomic mass is 9.95. The molecule has 0 radical (unpaired) electrons. The summed E-state index contributed by atoms with van der Waals surface area (Å²) in [6.07, 6.45) is 4.66. The Morgan fingerprint density at radius 2 is 0.921 bits per heavy atom. The van der Waals surface area contributed by atoms with Crippen molar-refractivity contribution in [2.24, 2.45) is 0 Å². The molecule has 0 aliphatic carbocycles. The molecular weight excluding hydrogens is 476 g/mol. The van der Waals surface area contributed by atoms with Gasteiger partial charge >= 0.3 is 0 Å². The molecule has 0 fully saturated rings. The third kappa shape index (κ3) is 3.98. The minimum Gasteiger partial charge on any atom is -0.505 e. The summed E-state index contributed by atoms with van der Waals surface area (Å²) < 4.78 is 0. The number of phenols is 2. The molecule has 2 aromatic heterocycles. The van der Waals surface area contributed by atoms with E-state index < -0.39 is 0 Å². The van der Waals surface area contributed by atoms with Gasteiger partial charge < -0.3 is 10.2 Å². The number of aromatic hydroxyl groups is 2. The van der Waals surface area contributed by atoms with Crippen LogP contribution in [0.25, 0.3) is 44.6 Å². The van der Waals surface area contributed by atoms with Crippen molar-refractivity contribution in [2.75, 3.05) is 0 Å². The first-order valence-electron chi connectivity index (χ1n) is 12.1. The second kappa shape index (κ2) is 9.33. The van der Waals surface area contributed by atoms with E-state index in [-0.39, 0.29) is 11.5 Å². The Kier molecular flexibility index (Phi) is 5.69. The number of hydrogen-bond donors (Lipinski definition) is 2. The Balaban J connectivity index is 1.59. The summed E-state index contributed by atoms with van der Waals surface area (Å²) in [5, 5.41) is 41.3. The Bertz CT molecular complexity index is 1650. The first kappa shape index (κ1) is 23.2. The van der Waals surface area contributed by atoms with Crippen LogP contribution in [0.2, 0.25) is 0 Å². The largest absolute Gasteiger partial charge is 0.505 e. The van der Waals surface area contributed by atoms with Gasteiger partial charge in [-0.25, -0.2) is 0 Å². The lowest BCUT2D eigenvalue weighted by molar-refractivity contribution is 0.461. The minimum absolute atomic E-state index is 0.0614. The molecule has 8 heteroatoms. The van der Waals surface area contributed by atoms with Gasteiger partial charge in [0, 0.05) is 11.1 Å². The van der Waals surface area contributed by atoms with Crippen LogP contribution in [0.15, 0.2) is 98.1 Å². The van der Waals surface area contributed by atoms with Crippen molar-refractivity contribution in [3.63, 3.8) is 0 Å². The van der Waals surface area contributed by atoms with Gasteiger partial charge in [-0.3, -0.25) is 0 Å². The SMILES string of the molecule is C=CCc1cc(-c2cc(CC=C)cc(-n3nc4ccccc4n3)c2O)c(O)c(-n2nc3ccccc3n2)c1. The fraction of sp³-hybridized carbons (Fsp3) is 0.0667. The molecule has 0 amide bonds. The van der Waals surface area contributed by atoms with Crippen LogP contribution in [0.3, 0.4) is 0 Å². The van der Waals surface area contributed by atoms with E-state index >= 15 is 0 Å². The predicted molar refractivity (Wildman–Crippen MR) is 148 cm³/mol. The lowest BCUT2D eigenvalue weighted by Crippen LogP contribution is -2.04. The van der Waals surface area contributed by atoms with Gasteiger partial charge in [-0.2, -0.15) is 0 Å². The van der Waals surface area contributed by atoms with Crippen LogP contribution in [0.5, 0.6) is 11.5 Å². The van der Waals surface area contributed by atoms with Crippen LogP contribution in [0.1, 0.15) is 11.1 Å². The van der Waals surface area contributed by atoms with E-state index in [1.807, 2.05) is 72.8 Å². The standard InChI is InChI=1S/C30H24N6O2/c1-3-9-19-15-21(29(37)27(17-19)35-31-23-11-5-6-12-24(23)32-35)22-16-20(10-4-2)18-28(30(22)38)36-33-25-13-7-8-14-26(25)34-36/h3-8,11-18,37-38H,1-2,9-10H2. The van der Waals surface area contributed by atoms with Crippen molar-refractivity contribution in [1.82, 2.24) is 30.0 Å². The zero-order valence-electron chi connectivity index (χ0n) is 20.5. The van der Waals surface area contributed by atoms with Crippen molar-refractivity contribution >= 4 is 22.1 Å². The van der Waals surface area contributed by atoms with E-state index in [1.54, 1.807) is 12.2 Å². The van der Waals surface area contributed by atoms with Crippen molar-refractivity contribution < 1.29 is 10.2 Å². The molecule has 186 valence electrons. The molecular formula is C30H24N6O2. The van der Waals surface area contributed by atoms with E-state index in [9.17, 15) is 10.2 Å². The summed E-state index contributed by atoms with van der Waals surface area (Å²) in [7, 11) is 0. The van der Waals surface area contributed by atoms with Crippen LogP contribution < -0.4 is 0 Å². The van der Waals surface area contributed by atoms with E-state index in [4.69, 9.17) is 0 Å². The number of rotatable bonds is 7. The van der Waals surface area contributed by atoms with E-state index in [2.05, 4.69) is 33.6 Å². The number of aromatic nitrogens is 6. The fourth-order valence-electron chi connectivity index (χ4n) is 4.57. The molecule has 0 saturated carbocycles. The number of hydrogen-bond acceptors (Lipinski definition) is 6. The first-order chi connectivity index (χ1) is 18.6. The van der Waals surface area contributed by atoms with Crippen LogP contribution in [0.4, 0.5) is 0 Å². The molecule has 0 aliphatic heterocycles. The van der Waals surface area contributed by atoms with Crippen molar-refractivity contribution in [1.29, 1.82) is 0 Å². The molecule has 8 nitrogen and oxygen atoms in total. The van der Waals surface area contributed by atoms with Crippen LogP contribution >= 0.6 is 0 Å². The minimum atomic E-state index is -0.0614. The van der Waals surface area contributed by atoms with Crippen molar-refractivity contribution in [2.45, 2.75) is 12.8 Å². The molecule has 0 unspecified atom stereocenters. The third-order valence-electron chi connectivity index (χ3n) is 6.35. The molecule has 6 aromatic rings. The highest BCUT2D eigenvalue weighted by molar-refractivity contribution is 5.83. The molecule has 0 atom stereocenters. The van der Waals surface area contributed by atoms with Gasteiger partial charge in [-0.15, -0.1) is 43.1 Å². The molecule has 0 saturated heterocycles. The molecule has 2 heterocycles. The molecule has 38 heavy (non-hydrogen) atoms. The van der Waals surface area contributed by atoms with Crippen LogP contribution in [-0.4, -0.2) is 40.2 Å². The maximum atomic E-state index is 11.5. The second-order valence-corrected chi connectivity index (χ2v) is 8.96. The van der Waals surface area contributed by atoms with Gasteiger partial charge in [-0.05, 0) is 72.5 Å². The van der Waals surface area contributed by atoms with E-state index in [0.717, 1.165) is 11.1 Å². The maximum absolute atomic E-state index is 11.5. The van der Waals surface area contributed by atoms with Gasteiger partial charge in [-0.1, -0.05) is 36.4 Å². The molecule has 0 bridgehead atoms. The summed E-state index contributed by atoms with van der Waals surface area (Å²) in [4.78, 5) is 2.84. The fourth-order valence-corrected chi connectivity index (χ4v) is 4.57. The van der Waals surface area contributed by atoms with Gasteiger partial charge in [0.25, 0.3) is 0 Å². The predicted octanol–water partition coefficient (Wildman–Crippen LogP) is 5.69. The lowest BCUT2D eigenvalue weighted by Gasteiger charge is -2.16. The Morgan fingerprint density at radius 1 is 0.579 bits per heavy atom. The van der Waals surface area contributed by atoms with Gasteiger partial charge in [0.1, 0.15) is 33.4 Å². The highest BCUT2D eigenvalue weighted by atomic mass is 16.3. The van der Waals surface area contributed by atoms with Gasteiger partial charge in [0.15, 0.2) is 11.5 Å². The Labute approximate surface area is 218 Å². The molecule has 0 aliphatic rings. The van der Waals surface area contributed by atoms with E-state index in [1.165, 1.54) is 9.59 Å². The highest BCUT2D eigenvalue weighted by Gasteiger charge is 2.21. The smallest absolute Gasteiger partial charge is 0.151 e. The van der Waals surface area contributed by atoms with Crippen molar-refractivity contribution in [3.8, 4) is 34.0 Å². The van der Waals surface area contributed by atoms with Crippen LogP contribution in [-0.2, 0) is 12.8 Å². The summed E-state index contributed by atoms with van der Waals surface area (Å²) >= 11 is 0. The Morgan fingerprint density at radius 3 is 1.24 bits per heavy atom. The topological polar surface area (TPSA) is 102 Å². The monoisotopic (exact) mass is 500 g/mol. The molecule has 6 rings (SSSR count). The second-order valence-electron chi connectivity index (χ2n) is 8.96. The maximum Gasteiger partial charge on any atom is 0.151 e. The Hall–Kier alpha value is -5.24. The molecule has 2 N–H and O–H groups in total. The number of nitrogens with zero attached hydrogens (tertiary/aromatic N) is 6. The van der Waals surface area contributed by atoms with Gasteiger partial charge in [0.05, 0.1) is 0 Å². The molecule has 0 spiro atoms. The summed E-state index contributed by atoms with van der Waals surface area (Å²) in [5.74, 6) is -0.123. The number of allylic oxidation sites excluding steroid dienone is 2. The highest BCUT2D eigenvalue weighted by Crippen LogP contribution is 2.43. The zero-order chi connectivity index (χ0) is 26.2. The van der Waals surface area contributed by atoms with Crippen LogP contribution in [0, 0.1) is 0 Å². The number of phenolic OH excluding ortho intramolecular Hbond substituents is 2. The van der Waals surface area contributed by atoms with Crippen molar-refractivity contribution in [3.05, 3.63) is 109 Å². The van der Waals surface area contributed by atoms with E-state index in [0.29, 0.717) is 57.4 Å². The normalized spacial score (nSPS) is 11.3. The number of benzene rings is 4. The number of fused-ring (bicyclic) bond motifs is 2. The first-order valence-corrected chi connectivity index (χ1v) is 12.1. The quantitative estimate of drug-likeness (QED) is 0.273. The summed E-state index contributed by atoms with van der Waals surface area (Å²) in [6, 6.07) is 22.3.